The lowest BCUT2D eigenvalue weighted by Gasteiger charge is -2.34. The lowest BCUT2D eigenvalue weighted by Crippen LogP contribution is -2.43. The van der Waals surface area contributed by atoms with E-state index in [9.17, 15) is 9.90 Å². The van der Waals surface area contributed by atoms with E-state index in [0.29, 0.717) is 6.42 Å². The Morgan fingerprint density at radius 2 is 2.14 bits per heavy atom. The van der Waals surface area contributed by atoms with Crippen LogP contribution in [0.25, 0.3) is 0 Å². The van der Waals surface area contributed by atoms with Crippen molar-refractivity contribution in [2.24, 2.45) is 0 Å². The molecule has 1 amide bonds. The highest BCUT2D eigenvalue weighted by Crippen LogP contribution is 2.34. The van der Waals surface area contributed by atoms with E-state index >= 15 is 0 Å². The first-order chi connectivity index (χ1) is 10.6. The molecule has 0 saturated carbocycles. The second-order valence-corrected chi connectivity index (χ2v) is 5.77. The molecule has 1 aromatic carbocycles. The van der Waals surface area contributed by atoms with Gasteiger partial charge in [-0.05, 0) is 37.3 Å². The highest BCUT2D eigenvalue weighted by molar-refractivity contribution is 5.91. The van der Waals surface area contributed by atoms with E-state index in [4.69, 9.17) is 0 Å². The van der Waals surface area contributed by atoms with E-state index in [2.05, 4.69) is 15.3 Å². The number of aryl methyl sites for hydroxylation is 2. The molecule has 5 nitrogen and oxygen atoms in total. The van der Waals surface area contributed by atoms with Crippen molar-refractivity contribution in [2.45, 2.75) is 31.8 Å². The first-order valence-electron chi connectivity index (χ1n) is 7.46. The van der Waals surface area contributed by atoms with Crippen LogP contribution >= 0.6 is 0 Å². The van der Waals surface area contributed by atoms with Crippen LogP contribution in [0, 0.1) is 6.92 Å². The zero-order valence-electron chi connectivity index (χ0n) is 12.5. The number of amides is 1. The molecule has 0 bridgehead atoms. The van der Waals surface area contributed by atoms with Gasteiger partial charge in [0.2, 0.25) is 0 Å². The van der Waals surface area contributed by atoms with E-state index in [1.807, 2.05) is 31.2 Å². The Balaban J connectivity index is 1.73. The van der Waals surface area contributed by atoms with Gasteiger partial charge in [0, 0.05) is 6.20 Å². The van der Waals surface area contributed by atoms with Gasteiger partial charge in [0.05, 0.1) is 18.4 Å². The number of benzene rings is 1. The van der Waals surface area contributed by atoms with E-state index < -0.39 is 5.60 Å². The van der Waals surface area contributed by atoms with Gasteiger partial charge in [-0.2, -0.15) is 0 Å². The van der Waals surface area contributed by atoms with Gasteiger partial charge >= 0.3 is 0 Å². The maximum atomic E-state index is 12.1. The maximum absolute atomic E-state index is 12.1. The number of hydrogen-bond donors (Lipinski definition) is 2. The van der Waals surface area contributed by atoms with Gasteiger partial charge in [0.15, 0.2) is 0 Å². The van der Waals surface area contributed by atoms with Crippen molar-refractivity contribution in [1.82, 2.24) is 15.3 Å². The number of hydrogen-bond acceptors (Lipinski definition) is 4. The summed E-state index contributed by atoms with van der Waals surface area (Å²) < 4.78 is 0. The molecule has 2 N–H and O–H groups in total. The van der Waals surface area contributed by atoms with Gasteiger partial charge < -0.3 is 10.4 Å². The Hall–Kier alpha value is -2.27. The van der Waals surface area contributed by atoms with Gasteiger partial charge in [-0.1, -0.05) is 24.3 Å². The summed E-state index contributed by atoms with van der Waals surface area (Å²) in [7, 11) is 0. The Labute approximate surface area is 129 Å². The summed E-state index contributed by atoms with van der Waals surface area (Å²) in [4.78, 5) is 20.2. The molecule has 5 heteroatoms. The van der Waals surface area contributed by atoms with Crippen molar-refractivity contribution in [3.05, 3.63) is 59.2 Å². The summed E-state index contributed by atoms with van der Waals surface area (Å²) in [5.41, 5.74) is 2.08. The van der Waals surface area contributed by atoms with Crippen molar-refractivity contribution in [1.29, 1.82) is 0 Å². The summed E-state index contributed by atoms with van der Waals surface area (Å²) in [5, 5.41) is 13.7. The van der Waals surface area contributed by atoms with Crippen LogP contribution in [-0.4, -0.2) is 27.5 Å². The Morgan fingerprint density at radius 3 is 2.91 bits per heavy atom. The third-order valence-corrected chi connectivity index (χ3v) is 4.11. The largest absolute Gasteiger partial charge is 0.383 e. The number of nitrogens with one attached hydrogen (secondary N) is 1. The molecule has 22 heavy (non-hydrogen) atoms. The first kappa shape index (κ1) is 14.7. The van der Waals surface area contributed by atoms with Crippen molar-refractivity contribution < 1.29 is 9.90 Å². The third kappa shape index (κ3) is 2.85. The predicted molar refractivity (Wildman–Crippen MR) is 82.4 cm³/mol. The van der Waals surface area contributed by atoms with Crippen LogP contribution in [0.4, 0.5) is 0 Å². The quantitative estimate of drug-likeness (QED) is 0.905. The minimum absolute atomic E-state index is 0.179. The number of rotatable bonds is 3. The Kier molecular flexibility index (Phi) is 3.90. The van der Waals surface area contributed by atoms with Crippen LogP contribution in [0.15, 0.2) is 36.7 Å². The minimum atomic E-state index is -1.01. The Bertz CT molecular complexity index is 685. The van der Waals surface area contributed by atoms with Crippen LogP contribution in [0.3, 0.4) is 0 Å². The molecule has 3 rings (SSSR count). The van der Waals surface area contributed by atoms with E-state index in [1.54, 1.807) is 6.20 Å². The molecule has 0 fully saturated rings. The molecular weight excluding hydrogens is 278 g/mol. The van der Waals surface area contributed by atoms with Gasteiger partial charge in [-0.25, -0.2) is 4.98 Å². The van der Waals surface area contributed by atoms with Crippen molar-refractivity contribution >= 4 is 5.91 Å². The van der Waals surface area contributed by atoms with Crippen LogP contribution in [0.1, 0.15) is 40.2 Å². The summed E-state index contributed by atoms with van der Waals surface area (Å²) in [6.45, 7) is 1.99. The fraction of sp³-hybridized carbons (Fsp3) is 0.353. The summed E-state index contributed by atoms with van der Waals surface area (Å²) >= 11 is 0. The monoisotopic (exact) mass is 297 g/mol. The molecule has 2 aromatic rings. The van der Waals surface area contributed by atoms with Gasteiger partial charge in [0.25, 0.3) is 5.91 Å². The molecule has 1 aliphatic rings. The molecule has 1 aromatic heterocycles. The van der Waals surface area contributed by atoms with Crippen LogP contribution < -0.4 is 5.32 Å². The summed E-state index contributed by atoms with van der Waals surface area (Å²) in [5.74, 6) is -0.316. The third-order valence-electron chi connectivity index (χ3n) is 4.11. The molecule has 1 heterocycles. The minimum Gasteiger partial charge on any atom is -0.383 e. The van der Waals surface area contributed by atoms with E-state index in [-0.39, 0.29) is 18.1 Å². The average molecular weight is 297 g/mol. The number of nitrogens with zero attached hydrogens (tertiary/aromatic N) is 2. The second-order valence-electron chi connectivity index (χ2n) is 5.77. The van der Waals surface area contributed by atoms with Crippen LogP contribution in [0.5, 0.6) is 0 Å². The van der Waals surface area contributed by atoms with Crippen molar-refractivity contribution in [3.63, 3.8) is 0 Å². The number of fused-ring (bicyclic) bond motifs is 1. The SMILES string of the molecule is Cc1cnc(C(=O)NC[C@@]2(O)CCCc3ccccc32)cn1. The van der Waals surface area contributed by atoms with Crippen LogP contribution in [0.2, 0.25) is 0 Å². The maximum Gasteiger partial charge on any atom is 0.271 e. The second kappa shape index (κ2) is 5.85. The van der Waals surface area contributed by atoms with Gasteiger partial charge in [0.1, 0.15) is 11.3 Å². The van der Waals surface area contributed by atoms with Gasteiger partial charge in [-0.15, -0.1) is 0 Å². The van der Waals surface area contributed by atoms with Crippen molar-refractivity contribution in [3.8, 4) is 0 Å². The molecule has 0 aliphatic heterocycles. The highest BCUT2D eigenvalue weighted by atomic mass is 16.3. The smallest absolute Gasteiger partial charge is 0.271 e. The number of carbonyl (C=O) groups is 1. The topological polar surface area (TPSA) is 75.1 Å². The summed E-state index contributed by atoms with van der Waals surface area (Å²) in [6.07, 6.45) is 5.52. The lowest BCUT2D eigenvalue weighted by molar-refractivity contribution is 0.0189. The molecule has 0 radical (unpaired) electrons. The standard InChI is InChI=1S/C17H19N3O2/c1-12-9-19-15(10-18-12)16(21)20-11-17(22)8-4-6-13-5-2-3-7-14(13)17/h2-3,5,7,9-10,22H,4,6,8,11H2,1H3,(H,20,21)/t17-/m0/s1. The molecule has 0 spiro atoms. The van der Waals surface area contributed by atoms with Gasteiger partial charge in [-0.3, -0.25) is 9.78 Å². The molecule has 1 atom stereocenters. The molecule has 0 saturated heterocycles. The highest BCUT2D eigenvalue weighted by Gasteiger charge is 2.34. The molecule has 1 aliphatic carbocycles. The van der Waals surface area contributed by atoms with E-state index in [1.165, 1.54) is 6.20 Å². The average Bonchev–Trinajstić information content (AvgIpc) is 2.54. The zero-order valence-corrected chi connectivity index (χ0v) is 12.5. The number of aromatic nitrogens is 2. The molecule has 114 valence electrons. The predicted octanol–water partition coefficient (Wildman–Crippen LogP) is 1.74. The summed E-state index contributed by atoms with van der Waals surface area (Å²) in [6, 6.07) is 7.87. The lowest BCUT2D eigenvalue weighted by atomic mass is 9.79. The fourth-order valence-corrected chi connectivity index (χ4v) is 2.91. The Morgan fingerprint density at radius 1 is 1.32 bits per heavy atom. The number of carbonyl (C=O) groups excluding carboxylic acids is 1. The fourth-order valence-electron chi connectivity index (χ4n) is 2.91. The normalized spacial score (nSPS) is 20.3. The van der Waals surface area contributed by atoms with E-state index in [0.717, 1.165) is 29.7 Å². The zero-order chi connectivity index (χ0) is 15.6. The van der Waals surface area contributed by atoms with Crippen LogP contribution in [-0.2, 0) is 12.0 Å². The van der Waals surface area contributed by atoms with Crippen molar-refractivity contribution in [2.75, 3.05) is 6.54 Å². The first-order valence-corrected chi connectivity index (χ1v) is 7.46. The molecule has 0 unspecified atom stereocenters. The molecular formula is C17H19N3O2. The number of aliphatic hydroxyl groups is 1.